The summed E-state index contributed by atoms with van der Waals surface area (Å²) in [5.74, 6) is -1.05. The lowest BCUT2D eigenvalue weighted by molar-refractivity contribution is 0.461. The van der Waals surface area contributed by atoms with E-state index in [-0.39, 0.29) is 10.8 Å². The Morgan fingerprint density at radius 1 is 1.38 bits per heavy atom. The Labute approximate surface area is 129 Å². The summed E-state index contributed by atoms with van der Waals surface area (Å²) in [5, 5.41) is 6.63. The van der Waals surface area contributed by atoms with Crippen LogP contribution in [0.4, 0.5) is 8.78 Å². The van der Waals surface area contributed by atoms with Gasteiger partial charge in [-0.2, -0.15) is 0 Å². The van der Waals surface area contributed by atoms with Crippen molar-refractivity contribution in [2.24, 2.45) is 5.41 Å². The normalized spacial score (nSPS) is 22.5. The van der Waals surface area contributed by atoms with E-state index in [1.165, 1.54) is 6.07 Å². The van der Waals surface area contributed by atoms with Crippen LogP contribution in [0.2, 0.25) is 0 Å². The minimum Gasteiger partial charge on any atom is -0.362 e. The highest BCUT2D eigenvalue weighted by atomic mass is 32.1. The van der Waals surface area contributed by atoms with Gasteiger partial charge in [-0.25, -0.2) is 8.78 Å². The molecule has 0 aliphatic heterocycles. The topological polar surface area (TPSA) is 24.1 Å². The molecule has 0 radical (unpaired) electrons. The predicted molar refractivity (Wildman–Crippen MR) is 85.2 cm³/mol. The van der Waals surface area contributed by atoms with Crippen molar-refractivity contribution in [2.75, 3.05) is 13.1 Å². The summed E-state index contributed by atoms with van der Waals surface area (Å²) >= 11 is 5.17. The molecule has 21 heavy (non-hydrogen) atoms. The lowest BCUT2D eigenvalue weighted by Gasteiger charge is -2.23. The van der Waals surface area contributed by atoms with Gasteiger partial charge < -0.3 is 10.6 Å². The molecule has 1 unspecified atom stereocenters. The quantitative estimate of drug-likeness (QED) is 0.645. The zero-order chi connectivity index (χ0) is 15.7. The molecule has 1 atom stereocenters. The van der Waals surface area contributed by atoms with Crippen LogP contribution in [-0.4, -0.2) is 18.2 Å². The van der Waals surface area contributed by atoms with E-state index < -0.39 is 11.6 Å². The van der Waals surface area contributed by atoms with Crippen LogP contribution in [-0.2, 0) is 5.41 Å². The van der Waals surface area contributed by atoms with Crippen molar-refractivity contribution in [3.05, 3.63) is 48.1 Å². The SMILES string of the molecule is C=CCNC(=S)NCC1(c2ccc(F)cc2F)CC1(C)C. The Kier molecular flexibility index (Phi) is 4.33. The molecule has 5 heteroatoms. The largest absolute Gasteiger partial charge is 0.362 e. The van der Waals surface area contributed by atoms with Crippen LogP contribution in [0.1, 0.15) is 25.8 Å². The molecule has 1 aromatic rings. The summed E-state index contributed by atoms with van der Waals surface area (Å²) in [7, 11) is 0. The molecule has 1 aromatic carbocycles. The molecule has 1 fully saturated rings. The van der Waals surface area contributed by atoms with Gasteiger partial charge in [0, 0.05) is 24.6 Å². The number of thiocarbonyl (C=S) groups is 1. The molecule has 1 saturated carbocycles. The highest BCUT2D eigenvalue weighted by Crippen LogP contribution is 2.64. The van der Waals surface area contributed by atoms with E-state index >= 15 is 0 Å². The number of nitrogens with one attached hydrogen (secondary N) is 2. The van der Waals surface area contributed by atoms with E-state index in [0.29, 0.717) is 23.8 Å². The van der Waals surface area contributed by atoms with Crippen LogP contribution in [0.15, 0.2) is 30.9 Å². The Balaban J connectivity index is 2.15. The smallest absolute Gasteiger partial charge is 0.166 e. The molecule has 2 rings (SSSR count). The molecule has 2 nitrogen and oxygen atoms in total. The molecule has 0 amide bonds. The molecule has 0 saturated heterocycles. The van der Waals surface area contributed by atoms with Crippen molar-refractivity contribution in [1.29, 1.82) is 0 Å². The summed E-state index contributed by atoms with van der Waals surface area (Å²) < 4.78 is 27.2. The Morgan fingerprint density at radius 2 is 2.05 bits per heavy atom. The fraction of sp³-hybridized carbons (Fsp3) is 0.438. The number of hydrogen-bond donors (Lipinski definition) is 2. The number of rotatable bonds is 5. The molecule has 1 aliphatic rings. The van der Waals surface area contributed by atoms with Crippen molar-refractivity contribution < 1.29 is 8.78 Å². The number of halogens is 2. The van der Waals surface area contributed by atoms with E-state index in [2.05, 4.69) is 31.1 Å². The van der Waals surface area contributed by atoms with Crippen LogP contribution in [0.3, 0.4) is 0 Å². The van der Waals surface area contributed by atoms with Crippen molar-refractivity contribution >= 4 is 17.3 Å². The second-order valence-electron chi connectivity index (χ2n) is 6.12. The van der Waals surface area contributed by atoms with E-state index in [0.717, 1.165) is 12.5 Å². The molecule has 0 heterocycles. The van der Waals surface area contributed by atoms with Crippen LogP contribution < -0.4 is 10.6 Å². The molecule has 2 N–H and O–H groups in total. The van der Waals surface area contributed by atoms with Gasteiger partial charge in [0.25, 0.3) is 0 Å². The first-order valence-corrected chi connectivity index (χ1v) is 7.31. The first-order valence-electron chi connectivity index (χ1n) is 6.90. The molecule has 114 valence electrons. The second kappa shape index (κ2) is 5.72. The van der Waals surface area contributed by atoms with E-state index in [4.69, 9.17) is 12.2 Å². The van der Waals surface area contributed by atoms with Crippen molar-refractivity contribution in [3.8, 4) is 0 Å². The molecule has 0 spiro atoms. The molecular weight excluding hydrogens is 290 g/mol. The third-order valence-corrected chi connectivity index (χ3v) is 4.61. The van der Waals surface area contributed by atoms with Crippen LogP contribution in [0.25, 0.3) is 0 Å². The Bertz CT molecular complexity index is 571. The maximum absolute atomic E-state index is 14.1. The van der Waals surface area contributed by atoms with Gasteiger partial charge in [0.15, 0.2) is 5.11 Å². The highest BCUT2D eigenvalue weighted by molar-refractivity contribution is 7.80. The zero-order valence-corrected chi connectivity index (χ0v) is 13.1. The van der Waals surface area contributed by atoms with Crippen LogP contribution in [0.5, 0.6) is 0 Å². The van der Waals surface area contributed by atoms with E-state index in [1.807, 2.05) is 0 Å². The third kappa shape index (κ3) is 3.07. The van der Waals surface area contributed by atoms with Gasteiger partial charge in [0.1, 0.15) is 11.6 Å². The molecule has 1 aliphatic carbocycles. The maximum Gasteiger partial charge on any atom is 0.166 e. The standard InChI is InChI=1S/C16H20F2N2S/c1-4-7-19-14(21)20-10-16(9-15(16,2)3)12-6-5-11(17)8-13(12)18/h4-6,8H,1,7,9-10H2,2-3H3,(H2,19,20,21). The molecular formula is C16H20F2N2S. The lowest BCUT2D eigenvalue weighted by atomic mass is 9.87. The first kappa shape index (κ1) is 15.9. The summed E-state index contributed by atoms with van der Waals surface area (Å²) in [6, 6.07) is 3.80. The zero-order valence-electron chi connectivity index (χ0n) is 12.3. The van der Waals surface area contributed by atoms with Gasteiger partial charge in [-0.1, -0.05) is 26.0 Å². The van der Waals surface area contributed by atoms with E-state index in [1.54, 1.807) is 12.1 Å². The minimum atomic E-state index is -0.555. The third-order valence-electron chi connectivity index (χ3n) is 4.32. The number of hydrogen-bond acceptors (Lipinski definition) is 1. The van der Waals surface area contributed by atoms with Gasteiger partial charge in [-0.3, -0.25) is 0 Å². The fourth-order valence-corrected chi connectivity index (χ4v) is 3.06. The maximum atomic E-state index is 14.1. The van der Waals surface area contributed by atoms with Crippen molar-refractivity contribution in [2.45, 2.75) is 25.7 Å². The van der Waals surface area contributed by atoms with Gasteiger partial charge in [-0.15, -0.1) is 6.58 Å². The highest BCUT2D eigenvalue weighted by Gasteiger charge is 2.62. The summed E-state index contributed by atoms with van der Waals surface area (Å²) in [5.41, 5.74) is 0.144. The first-order chi connectivity index (χ1) is 9.82. The fourth-order valence-electron chi connectivity index (χ4n) is 2.90. The van der Waals surface area contributed by atoms with Gasteiger partial charge in [0.05, 0.1) is 0 Å². The van der Waals surface area contributed by atoms with Crippen LogP contribution >= 0.6 is 12.2 Å². The lowest BCUT2D eigenvalue weighted by Crippen LogP contribution is -2.41. The molecule has 0 aromatic heterocycles. The van der Waals surface area contributed by atoms with Crippen LogP contribution in [0, 0.1) is 17.0 Å². The molecule has 0 bridgehead atoms. The van der Waals surface area contributed by atoms with Gasteiger partial charge in [-0.05, 0) is 35.7 Å². The second-order valence-corrected chi connectivity index (χ2v) is 6.53. The van der Waals surface area contributed by atoms with Gasteiger partial charge in [0.2, 0.25) is 0 Å². The van der Waals surface area contributed by atoms with Gasteiger partial charge >= 0.3 is 0 Å². The average molecular weight is 310 g/mol. The summed E-state index contributed by atoms with van der Waals surface area (Å²) in [4.78, 5) is 0. The Morgan fingerprint density at radius 3 is 2.57 bits per heavy atom. The van der Waals surface area contributed by atoms with Crippen molar-refractivity contribution in [1.82, 2.24) is 10.6 Å². The summed E-state index contributed by atoms with van der Waals surface area (Å²) in [6.07, 6.45) is 2.55. The van der Waals surface area contributed by atoms with E-state index in [9.17, 15) is 8.78 Å². The average Bonchev–Trinajstić information content (AvgIpc) is 2.96. The Hall–Kier alpha value is -1.49. The number of benzene rings is 1. The minimum absolute atomic E-state index is 0.0489. The predicted octanol–water partition coefficient (Wildman–Crippen LogP) is 3.28. The van der Waals surface area contributed by atoms with Crippen molar-refractivity contribution in [3.63, 3.8) is 0 Å². The monoisotopic (exact) mass is 310 g/mol. The summed E-state index contributed by atoms with van der Waals surface area (Å²) in [6.45, 7) is 8.87.